The fourth-order valence-corrected chi connectivity index (χ4v) is 3.81. The number of benzene rings is 2. The molecule has 0 aliphatic carbocycles. The number of ketones is 1. The van der Waals surface area contributed by atoms with Gasteiger partial charge in [0.2, 0.25) is 0 Å². The number of hydrogen-bond acceptors (Lipinski definition) is 9. The quantitative estimate of drug-likeness (QED) is 0.256. The van der Waals surface area contributed by atoms with Gasteiger partial charge < -0.3 is 9.73 Å². The Bertz CT molecular complexity index is 1760. The minimum atomic E-state index is -0.437. The molecule has 2 aromatic carbocycles. The van der Waals surface area contributed by atoms with Crippen LogP contribution in [-0.4, -0.2) is 36.0 Å². The first kappa shape index (κ1) is 26.1. The average Bonchev–Trinajstić information content (AvgIpc) is 3.41. The molecule has 0 atom stereocenters. The van der Waals surface area contributed by atoms with E-state index in [1.807, 2.05) is 6.07 Å². The number of halogens is 1. The number of amides is 1. The summed E-state index contributed by atoms with van der Waals surface area (Å²) in [6.07, 6.45) is 1.28. The third kappa shape index (κ3) is 5.23. The third-order valence-electron chi connectivity index (χ3n) is 5.65. The van der Waals surface area contributed by atoms with Gasteiger partial charge in [-0.05, 0) is 36.8 Å². The number of fused-ring (bicyclic) bond motifs is 2. The second-order valence-corrected chi connectivity index (χ2v) is 8.33. The van der Waals surface area contributed by atoms with E-state index >= 15 is 0 Å². The minimum Gasteiger partial charge on any atom is -0.408 e. The summed E-state index contributed by atoms with van der Waals surface area (Å²) in [6.45, 7) is 1.74. The van der Waals surface area contributed by atoms with E-state index in [9.17, 15) is 14.4 Å². The fraction of sp³-hybridized carbons (Fsp3) is 0.160. The van der Waals surface area contributed by atoms with Crippen molar-refractivity contribution >= 4 is 51.4 Å². The number of nitriles is 1. The van der Waals surface area contributed by atoms with Crippen LogP contribution in [0.15, 0.2) is 58.0 Å². The summed E-state index contributed by atoms with van der Waals surface area (Å²) in [4.78, 5) is 45.6. The maximum absolute atomic E-state index is 12.6. The Morgan fingerprint density at radius 3 is 2.50 bits per heavy atom. The van der Waals surface area contributed by atoms with Gasteiger partial charge in [0.05, 0.1) is 17.1 Å². The zero-order valence-corrected chi connectivity index (χ0v) is 21.3. The van der Waals surface area contributed by atoms with Gasteiger partial charge in [-0.1, -0.05) is 18.2 Å². The fourth-order valence-electron chi connectivity index (χ4n) is 3.60. The largest absolute Gasteiger partial charge is 0.419 e. The van der Waals surface area contributed by atoms with Gasteiger partial charge in [0.15, 0.2) is 22.9 Å². The van der Waals surface area contributed by atoms with Crippen LogP contribution in [0.5, 0.6) is 0 Å². The second kappa shape index (κ2) is 10.9. The van der Waals surface area contributed by atoms with Gasteiger partial charge in [-0.2, -0.15) is 10.4 Å². The molecule has 3 aromatic heterocycles. The molecule has 192 valence electrons. The molecule has 5 rings (SSSR count). The molecule has 0 bridgehead atoms. The molecule has 0 aliphatic rings. The topological polar surface area (TPSA) is 161 Å². The molecule has 13 heteroatoms. The summed E-state index contributed by atoms with van der Waals surface area (Å²) in [6, 6.07) is 13.8. The van der Waals surface area contributed by atoms with Crippen LogP contribution in [0.25, 0.3) is 22.1 Å². The smallest absolute Gasteiger partial charge is 0.408 e. The molecule has 0 spiro atoms. The molecule has 0 saturated carbocycles. The summed E-state index contributed by atoms with van der Waals surface area (Å²) in [5.74, 6) is -0.347. The number of oxazole rings is 1. The molecule has 0 unspecified atom stereocenters. The number of carbonyl (C=O) groups excluding carboxylic acids is 2. The summed E-state index contributed by atoms with van der Waals surface area (Å²) >= 11 is 5.68. The van der Waals surface area contributed by atoms with E-state index in [-0.39, 0.29) is 18.0 Å². The molecule has 0 radical (unpaired) electrons. The summed E-state index contributed by atoms with van der Waals surface area (Å²) in [5, 5.41) is 15.5. The number of aryl methyl sites for hydroxylation is 2. The highest BCUT2D eigenvalue weighted by Gasteiger charge is 2.19. The van der Waals surface area contributed by atoms with Crippen molar-refractivity contribution in [2.45, 2.75) is 13.5 Å². The number of nitrogens with one attached hydrogen (secondary N) is 2. The lowest BCUT2D eigenvalue weighted by atomic mass is 10.1. The monoisotopic (exact) mass is 532 g/mol. The molecular weight excluding hydrogens is 512 g/mol. The zero-order valence-electron chi connectivity index (χ0n) is 20.5. The van der Waals surface area contributed by atoms with E-state index < -0.39 is 11.7 Å². The Morgan fingerprint density at radius 2 is 1.84 bits per heavy atom. The van der Waals surface area contributed by atoms with Crippen molar-refractivity contribution in [3.05, 3.63) is 81.7 Å². The minimum absolute atomic E-state index is 0.0227. The zero-order chi connectivity index (χ0) is 27.4. The maximum atomic E-state index is 12.6. The van der Waals surface area contributed by atoms with Crippen molar-refractivity contribution in [2.75, 3.05) is 4.84 Å². The molecule has 0 aliphatic heterocycles. The molecule has 0 fully saturated rings. The predicted octanol–water partition coefficient (Wildman–Crippen LogP) is 3.06. The molecule has 5 aromatic rings. The molecule has 38 heavy (non-hydrogen) atoms. The van der Waals surface area contributed by atoms with Crippen molar-refractivity contribution in [1.82, 2.24) is 29.6 Å². The summed E-state index contributed by atoms with van der Waals surface area (Å²) in [5.41, 5.74) is 4.10. The number of Topliss-reactive ketones (excluding diaryl/α,β-unsaturated/α-hetero) is 1. The van der Waals surface area contributed by atoms with Gasteiger partial charge in [-0.15, -0.1) is 0 Å². The van der Waals surface area contributed by atoms with Crippen molar-refractivity contribution in [3.63, 3.8) is 0 Å². The standard InChI is InChI=1S/C16H14ClN7O3.C9H7NO/c1-23-9-5-8(3-4-10(9)27-16(23)26)6-18-15(25)13-11-12(19-7-20-13)14(21-17)24(2)22-11;1-7(11)9-4-2-8(6-10)3-5-9/h3-5,7,21H,6H2,1-2H3,(H,18,25);2-5H,1H3. The Kier molecular flexibility index (Phi) is 7.50. The summed E-state index contributed by atoms with van der Waals surface area (Å²) < 4.78 is 7.99. The molecule has 1 amide bonds. The normalized spacial score (nSPS) is 10.5. The van der Waals surface area contributed by atoms with Gasteiger partial charge in [0.1, 0.15) is 17.4 Å². The first-order valence-corrected chi connectivity index (χ1v) is 11.5. The van der Waals surface area contributed by atoms with Crippen molar-refractivity contribution < 1.29 is 14.0 Å². The third-order valence-corrected chi connectivity index (χ3v) is 5.83. The van der Waals surface area contributed by atoms with E-state index in [0.29, 0.717) is 39.1 Å². The maximum Gasteiger partial charge on any atom is 0.419 e. The van der Waals surface area contributed by atoms with E-state index in [0.717, 1.165) is 5.56 Å². The van der Waals surface area contributed by atoms with Gasteiger partial charge in [0.25, 0.3) is 5.91 Å². The lowest BCUT2D eigenvalue weighted by Gasteiger charge is -2.05. The lowest BCUT2D eigenvalue weighted by Crippen LogP contribution is -2.24. The molecule has 2 N–H and O–H groups in total. The predicted molar refractivity (Wildman–Crippen MR) is 140 cm³/mol. The number of carbonyl (C=O) groups is 2. The lowest BCUT2D eigenvalue weighted by molar-refractivity contribution is 0.0946. The number of aromatic nitrogens is 5. The van der Waals surface area contributed by atoms with Crippen LogP contribution in [-0.2, 0) is 20.6 Å². The van der Waals surface area contributed by atoms with Crippen LogP contribution in [0.2, 0.25) is 0 Å². The molecule has 3 heterocycles. The highest BCUT2D eigenvalue weighted by atomic mass is 35.5. The molecule has 12 nitrogen and oxygen atoms in total. The van der Waals surface area contributed by atoms with E-state index in [4.69, 9.17) is 21.5 Å². The van der Waals surface area contributed by atoms with E-state index in [1.54, 1.807) is 56.6 Å². The first-order chi connectivity index (χ1) is 18.2. The Morgan fingerprint density at radius 1 is 1.11 bits per heavy atom. The number of anilines is 1. The Hall–Kier alpha value is -5.02. The van der Waals surface area contributed by atoms with Crippen LogP contribution in [0, 0.1) is 11.3 Å². The molecular formula is C25H21ClN8O4. The number of rotatable bonds is 5. The van der Waals surface area contributed by atoms with Gasteiger partial charge in [-0.25, -0.2) is 19.4 Å². The van der Waals surface area contributed by atoms with Crippen LogP contribution in [0.1, 0.15) is 38.9 Å². The molecule has 0 saturated heterocycles. The van der Waals surface area contributed by atoms with Gasteiger partial charge in [-0.3, -0.25) is 19.0 Å². The van der Waals surface area contributed by atoms with Crippen LogP contribution < -0.4 is 15.9 Å². The number of hydrogen-bond donors (Lipinski definition) is 2. The van der Waals surface area contributed by atoms with E-state index in [1.165, 1.54) is 22.5 Å². The second-order valence-electron chi connectivity index (χ2n) is 8.14. The Labute approximate surface area is 220 Å². The van der Waals surface area contributed by atoms with Gasteiger partial charge >= 0.3 is 5.76 Å². The Balaban J connectivity index is 0.000000257. The summed E-state index contributed by atoms with van der Waals surface area (Å²) in [7, 11) is 3.30. The highest BCUT2D eigenvalue weighted by molar-refractivity contribution is 6.25. The van der Waals surface area contributed by atoms with Gasteiger partial charge in [0, 0.05) is 38.0 Å². The highest BCUT2D eigenvalue weighted by Crippen LogP contribution is 2.22. The van der Waals surface area contributed by atoms with Crippen LogP contribution >= 0.6 is 11.8 Å². The van der Waals surface area contributed by atoms with Crippen LogP contribution in [0.3, 0.4) is 0 Å². The number of nitrogens with zero attached hydrogens (tertiary/aromatic N) is 6. The average molecular weight is 533 g/mol. The SMILES string of the molecule is CC(=O)c1ccc(C#N)cc1.Cn1nc2c(C(=O)NCc3ccc4oc(=O)n(C)c4c3)ncnc2c1NCl. The van der Waals surface area contributed by atoms with Crippen LogP contribution in [0.4, 0.5) is 5.82 Å². The van der Waals surface area contributed by atoms with E-state index in [2.05, 4.69) is 25.2 Å². The first-order valence-electron chi connectivity index (χ1n) is 11.2. The van der Waals surface area contributed by atoms with Crippen molar-refractivity contribution in [1.29, 1.82) is 5.26 Å². The van der Waals surface area contributed by atoms with Crippen molar-refractivity contribution in [2.24, 2.45) is 14.1 Å². The van der Waals surface area contributed by atoms with Crippen molar-refractivity contribution in [3.8, 4) is 6.07 Å².